The summed E-state index contributed by atoms with van der Waals surface area (Å²) in [7, 11) is 0. The average molecular weight is 267 g/mol. The number of amides is 2. The normalized spacial score (nSPS) is 35.8. The minimum Gasteiger partial charge on any atom is -0.275 e. The molecule has 1 saturated carbocycles. The summed E-state index contributed by atoms with van der Waals surface area (Å²) in [6.45, 7) is 1.95. The summed E-state index contributed by atoms with van der Waals surface area (Å²) in [5.41, 5.74) is 1.02. The molecular formula is C17H17NO2. The Balaban J connectivity index is 1.68. The average Bonchev–Trinajstić information content (AvgIpc) is 3.14. The highest BCUT2D eigenvalue weighted by Gasteiger charge is 2.60. The van der Waals surface area contributed by atoms with Gasteiger partial charge in [-0.1, -0.05) is 42.5 Å². The summed E-state index contributed by atoms with van der Waals surface area (Å²) in [5, 5.41) is 0. The van der Waals surface area contributed by atoms with Gasteiger partial charge in [0.25, 0.3) is 0 Å². The first-order chi connectivity index (χ1) is 9.68. The van der Waals surface area contributed by atoms with E-state index < -0.39 is 0 Å². The molecular weight excluding hydrogens is 250 g/mol. The zero-order chi connectivity index (χ0) is 13.9. The molecule has 2 fully saturated rings. The number of nitrogens with zero attached hydrogens (tertiary/aromatic N) is 1. The molecule has 0 aromatic heterocycles. The van der Waals surface area contributed by atoms with Gasteiger partial charge < -0.3 is 0 Å². The molecule has 102 valence electrons. The minimum atomic E-state index is -0.166. The van der Waals surface area contributed by atoms with Crippen LogP contribution in [-0.2, 0) is 9.59 Å². The summed E-state index contributed by atoms with van der Waals surface area (Å²) in [5.74, 6) is 0.456. The number of hydrogen-bond donors (Lipinski definition) is 0. The Labute approximate surface area is 118 Å². The van der Waals surface area contributed by atoms with E-state index in [0.717, 1.165) is 12.0 Å². The molecule has 3 aliphatic rings. The molecule has 1 aromatic carbocycles. The molecule has 5 unspecified atom stereocenters. The Morgan fingerprint density at radius 1 is 1.00 bits per heavy atom. The van der Waals surface area contributed by atoms with Crippen LogP contribution in [-0.4, -0.2) is 16.7 Å². The maximum atomic E-state index is 12.7. The van der Waals surface area contributed by atoms with Gasteiger partial charge in [-0.25, -0.2) is 0 Å². The number of fused-ring (bicyclic) bond motifs is 5. The fourth-order valence-corrected chi connectivity index (χ4v) is 4.19. The molecule has 2 amide bonds. The Morgan fingerprint density at radius 2 is 1.55 bits per heavy atom. The molecule has 0 spiro atoms. The van der Waals surface area contributed by atoms with Crippen molar-refractivity contribution < 1.29 is 9.59 Å². The van der Waals surface area contributed by atoms with E-state index in [1.54, 1.807) is 0 Å². The summed E-state index contributed by atoms with van der Waals surface area (Å²) in [4.78, 5) is 26.9. The van der Waals surface area contributed by atoms with Crippen molar-refractivity contribution in [2.75, 3.05) is 0 Å². The standard InChI is InChI=1S/C17H17NO2/c1-10(11-5-3-2-4-6-11)18-16(19)14-12-7-8-13(9-12)15(14)17(18)20/h2-8,10,12-15H,9H2,1H3. The fourth-order valence-electron chi connectivity index (χ4n) is 4.19. The smallest absolute Gasteiger partial charge is 0.234 e. The molecule has 20 heavy (non-hydrogen) atoms. The van der Waals surface area contributed by atoms with Gasteiger partial charge in [0.05, 0.1) is 17.9 Å². The monoisotopic (exact) mass is 267 g/mol. The lowest BCUT2D eigenvalue weighted by Gasteiger charge is -2.24. The van der Waals surface area contributed by atoms with Crippen LogP contribution >= 0.6 is 0 Å². The van der Waals surface area contributed by atoms with Crippen LogP contribution in [0.4, 0.5) is 0 Å². The number of carbonyl (C=O) groups excluding carboxylic acids is 2. The predicted molar refractivity (Wildman–Crippen MR) is 74.4 cm³/mol. The van der Waals surface area contributed by atoms with Crippen LogP contribution in [0.25, 0.3) is 0 Å². The molecule has 0 N–H and O–H groups in total. The van der Waals surface area contributed by atoms with Crippen LogP contribution < -0.4 is 0 Å². The molecule has 4 rings (SSSR count). The van der Waals surface area contributed by atoms with Crippen molar-refractivity contribution in [3.63, 3.8) is 0 Å². The summed E-state index contributed by atoms with van der Waals surface area (Å²) >= 11 is 0. The summed E-state index contributed by atoms with van der Waals surface area (Å²) in [6, 6.07) is 9.63. The first-order valence-corrected chi connectivity index (χ1v) is 7.28. The van der Waals surface area contributed by atoms with E-state index in [-0.39, 0.29) is 41.5 Å². The molecule has 2 bridgehead atoms. The van der Waals surface area contributed by atoms with Crippen molar-refractivity contribution >= 4 is 11.8 Å². The maximum absolute atomic E-state index is 12.7. The maximum Gasteiger partial charge on any atom is 0.234 e. The number of likely N-dealkylation sites (tertiary alicyclic amines) is 1. The highest BCUT2D eigenvalue weighted by Crippen LogP contribution is 2.53. The van der Waals surface area contributed by atoms with Crippen molar-refractivity contribution in [3.05, 3.63) is 48.0 Å². The largest absolute Gasteiger partial charge is 0.275 e. The lowest BCUT2D eigenvalue weighted by atomic mass is 9.85. The van der Waals surface area contributed by atoms with Gasteiger partial charge in [0.1, 0.15) is 0 Å². The van der Waals surface area contributed by atoms with Crippen LogP contribution in [0.2, 0.25) is 0 Å². The number of carbonyl (C=O) groups is 2. The number of imide groups is 1. The van der Waals surface area contributed by atoms with Gasteiger partial charge in [-0.05, 0) is 30.7 Å². The Bertz CT molecular complexity index is 577. The molecule has 1 aliphatic heterocycles. The van der Waals surface area contributed by atoms with Gasteiger partial charge in [-0.2, -0.15) is 0 Å². The third-order valence-electron chi connectivity index (χ3n) is 5.17. The van der Waals surface area contributed by atoms with Crippen molar-refractivity contribution in [2.45, 2.75) is 19.4 Å². The van der Waals surface area contributed by atoms with Crippen LogP contribution in [0.5, 0.6) is 0 Å². The van der Waals surface area contributed by atoms with E-state index in [1.165, 1.54) is 4.90 Å². The van der Waals surface area contributed by atoms with E-state index in [1.807, 2.05) is 37.3 Å². The number of hydrogen-bond acceptors (Lipinski definition) is 2. The molecule has 3 nitrogen and oxygen atoms in total. The van der Waals surface area contributed by atoms with Crippen molar-refractivity contribution in [2.24, 2.45) is 23.7 Å². The third kappa shape index (κ3) is 1.41. The predicted octanol–water partition coefficient (Wildman–Crippen LogP) is 2.55. The molecule has 0 radical (unpaired) electrons. The first-order valence-electron chi connectivity index (χ1n) is 7.28. The van der Waals surface area contributed by atoms with E-state index in [9.17, 15) is 9.59 Å². The fraction of sp³-hybridized carbons (Fsp3) is 0.412. The number of rotatable bonds is 2. The van der Waals surface area contributed by atoms with Crippen molar-refractivity contribution in [3.8, 4) is 0 Å². The molecule has 5 atom stereocenters. The zero-order valence-electron chi connectivity index (χ0n) is 11.4. The molecule has 1 heterocycles. The molecule has 1 saturated heterocycles. The van der Waals surface area contributed by atoms with E-state index in [4.69, 9.17) is 0 Å². The topological polar surface area (TPSA) is 37.4 Å². The quantitative estimate of drug-likeness (QED) is 0.610. The molecule has 3 heteroatoms. The first kappa shape index (κ1) is 11.9. The van der Waals surface area contributed by atoms with Crippen LogP contribution in [0.1, 0.15) is 24.9 Å². The Hall–Kier alpha value is -1.90. The summed E-state index contributed by atoms with van der Waals surface area (Å²) < 4.78 is 0. The third-order valence-corrected chi connectivity index (χ3v) is 5.17. The van der Waals surface area contributed by atoms with Crippen molar-refractivity contribution in [1.82, 2.24) is 4.90 Å². The van der Waals surface area contributed by atoms with E-state index >= 15 is 0 Å². The van der Waals surface area contributed by atoms with Gasteiger partial charge in [0.15, 0.2) is 0 Å². The van der Waals surface area contributed by atoms with Crippen molar-refractivity contribution in [1.29, 1.82) is 0 Å². The zero-order valence-corrected chi connectivity index (χ0v) is 11.4. The Morgan fingerprint density at radius 3 is 2.10 bits per heavy atom. The second-order valence-corrected chi connectivity index (χ2v) is 6.13. The van der Waals surface area contributed by atoms with Crippen LogP contribution in [0, 0.1) is 23.7 Å². The van der Waals surface area contributed by atoms with E-state index in [0.29, 0.717) is 0 Å². The lowest BCUT2D eigenvalue weighted by Crippen LogP contribution is -2.35. The lowest BCUT2D eigenvalue weighted by molar-refractivity contribution is -0.143. The summed E-state index contributed by atoms with van der Waals surface area (Å²) in [6.07, 6.45) is 5.25. The SMILES string of the molecule is CC(c1ccccc1)N1C(=O)C2C3C=CC(C3)C2C1=O. The van der Waals surface area contributed by atoms with Crippen LogP contribution in [0.3, 0.4) is 0 Å². The highest BCUT2D eigenvalue weighted by atomic mass is 16.2. The van der Waals surface area contributed by atoms with Crippen LogP contribution in [0.15, 0.2) is 42.5 Å². The van der Waals surface area contributed by atoms with Gasteiger partial charge >= 0.3 is 0 Å². The Kier molecular flexibility index (Phi) is 2.40. The number of allylic oxidation sites excluding steroid dienone is 2. The molecule has 2 aliphatic carbocycles. The van der Waals surface area contributed by atoms with Gasteiger partial charge in [0.2, 0.25) is 11.8 Å². The molecule has 1 aromatic rings. The van der Waals surface area contributed by atoms with Gasteiger partial charge in [0, 0.05) is 0 Å². The van der Waals surface area contributed by atoms with Gasteiger partial charge in [-0.15, -0.1) is 0 Å². The number of benzene rings is 1. The minimum absolute atomic E-state index is 0.0354. The highest BCUT2D eigenvalue weighted by molar-refractivity contribution is 6.06. The van der Waals surface area contributed by atoms with E-state index in [2.05, 4.69) is 12.2 Å². The second-order valence-electron chi connectivity index (χ2n) is 6.13. The second kappa shape index (κ2) is 4.05. The van der Waals surface area contributed by atoms with Gasteiger partial charge in [-0.3, -0.25) is 14.5 Å².